The van der Waals surface area contributed by atoms with Gasteiger partial charge in [0.05, 0.1) is 13.2 Å². The highest BCUT2D eigenvalue weighted by Gasteiger charge is 2.55. The van der Waals surface area contributed by atoms with Crippen LogP contribution in [-0.2, 0) is 27.7 Å². The molecule has 3 aromatic carbocycles. The number of phosphoric ester groups is 1. The summed E-state index contributed by atoms with van der Waals surface area (Å²) in [6.45, 7) is 0.170. The van der Waals surface area contributed by atoms with Crippen LogP contribution in [0.1, 0.15) is 0 Å². The molecule has 3 aromatic rings. The number of hydrogen-bond acceptors (Lipinski definition) is 9. The lowest BCUT2D eigenvalue weighted by atomic mass is 10.1. The van der Waals surface area contributed by atoms with E-state index in [0.29, 0.717) is 17.2 Å². The Kier molecular flexibility index (Phi) is 7.44. The second kappa shape index (κ2) is 10.9. The molecule has 0 amide bonds. The molecule has 0 bridgehead atoms. The van der Waals surface area contributed by atoms with Gasteiger partial charge < -0.3 is 18.5 Å². The van der Waals surface area contributed by atoms with Gasteiger partial charge in [-0.15, -0.1) is 4.52 Å². The van der Waals surface area contributed by atoms with E-state index < -0.39 is 40.5 Å². The SMILES string of the molecule is O=[P+](Oc1ccccc1)OC1COC2C(OP(=O)(Oc3ccccc3)Oc3ccccc3)COC12. The summed E-state index contributed by atoms with van der Waals surface area (Å²) in [6.07, 6.45) is -2.61. The van der Waals surface area contributed by atoms with E-state index in [0.717, 1.165) is 0 Å². The topological polar surface area (TPSA) is 98.8 Å². The number of ether oxygens (including phenoxy) is 2. The molecule has 0 spiro atoms. The predicted molar refractivity (Wildman–Crippen MR) is 126 cm³/mol. The van der Waals surface area contributed by atoms with Crippen molar-refractivity contribution in [2.24, 2.45) is 0 Å². The maximum atomic E-state index is 13.7. The van der Waals surface area contributed by atoms with E-state index in [1.807, 2.05) is 18.2 Å². The predicted octanol–water partition coefficient (Wildman–Crippen LogP) is 5.56. The molecule has 2 heterocycles. The highest BCUT2D eigenvalue weighted by atomic mass is 31.2. The molecular formula is C24H23O9P2+. The van der Waals surface area contributed by atoms with Gasteiger partial charge in [0.1, 0.15) is 29.8 Å². The summed E-state index contributed by atoms with van der Waals surface area (Å²) in [5.74, 6) is 1.08. The zero-order valence-corrected chi connectivity index (χ0v) is 20.2. The molecule has 11 heteroatoms. The minimum Gasteiger partial charge on any atom is -0.395 e. The van der Waals surface area contributed by atoms with Gasteiger partial charge in [-0.05, 0) is 36.4 Å². The third kappa shape index (κ3) is 6.08. The molecule has 35 heavy (non-hydrogen) atoms. The molecule has 182 valence electrons. The fraction of sp³-hybridized carbons (Fsp3) is 0.250. The van der Waals surface area contributed by atoms with E-state index in [4.69, 9.17) is 32.1 Å². The Balaban J connectivity index is 1.25. The van der Waals surface area contributed by atoms with Gasteiger partial charge in [0.25, 0.3) is 0 Å². The van der Waals surface area contributed by atoms with Crippen LogP contribution in [0.15, 0.2) is 91.0 Å². The molecule has 9 nitrogen and oxygen atoms in total. The van der Waals surface area contributed by atoms with Gasteiger partial charge in [-0.1, -0.05) is 54.6 Å². The summed E-state index contributed by atoms with van der Waals surface area (Å²) in [5.41, 5.74) is 0. The van der Waals surface area contributed by atoms with Crippen molar-refractivity contribution >= 4 is 16.1 Å². The van der Waals surface area contributed by atoms with E-state index in [1.165, 1.54) is 0 Å². The summed E-state index contributed by atoms with van der Waals surface area (Å²) in [5, 5.41) is 0. The van der Waals surface area contributed by atoms with Crippen molar-refractivity contribution in [1.82, 2.24) is 0 Å². The lowest BCUT2D eigenvalue weighted by molar-refractivity contribution is 0.00952. The maximum absolute atomic E-state index is 13.7. The first kappa shape index (κ1) is 23.9. The van der Waals surface area contributed by atoms with Crippen molar-refractivity contribution < 1.29 is 41.2 Å². The lowest BCUT2D eigenvalue weighted by Crippen LogP contribution is -2.33. The monoisotopic (exact) mass is 517 g/mol. The molecule has 5 rings (SSSR count). The normalized spacial score (nSPS) is 23.9. The van der Waals surface area contributed by atoms with Crippen molar-refractivity contribution in [3.8, 4) is 17.2 Å². The summed E-state index contributed by atoms with van der Waals surface area (Å²) < 4.78 is 65.7. The van der Waals surface area contributed by atoms with Crippen LogP contribution in [0.25, 0.3) is 0 Å². The fourth-order valence-electron chi connectivity index (χ4n) is 3.76. The average Bonchev–Trinajstić information content (AvgIpc) is 3.44. The molecule has 0 aliphatic carbocycles. The van der Waals surface area contributed by atoms with E-state index in [9.17, 15) is 9.13 Å². The number of benzene rings is 3. The summed E-state index contributed by atoms with van der Waals surface area (Å²) in [4.78, 5) is 0. The molecule has 5 unspecified atom stereocenters. The quantitative estimate of drug-likeness (QED) is 0.320. The van der Waals surface area contributed by atoms with Gasteiger partial charge in [-0.3, -0.25) is 4.52 Å². The molecule has 0 radical (unpaired) electrons. The van der Waals surface area contributed by atoms with Crippen LogP contribution in [-0.4, -0.2) is 37.6 Å². The third-order valence-electron chi connectivity index (χ3n) is 5.29. The van der Waals surface area contributed by atoms with E-state index in [1.54, 1.807) is 72.8 Å². The van der Waals surface area contributed by atoms with Crippen LogP contribution >= 0.6 is 16.1 Å². The third-order valence-corrected chi connectivity index (χ3v) is 7.49. The fourth-order valence-corrected chi connectivity index (χ4v) is 5.89. The van der Waals surface area contributed by atoms with Gasteiger partial charge in [-0.2, -0.15) is 0 Å². The van der Waals surface area contributed by atoms with Crippen LogP contribution < -0.4 is 13.6 Å². The Morgan fingerprint density at radius 2 is 1.14 bits per heavy atom. The zero-order chi connectivity index (χ0) is 24.1. The van der Waals surface area contributed by atoms with Crippen LogP contribution in [0.3, 0.4) is 0 Å². The number of fused-ring (bicyclic) bond motifs is 1. The largest absolute Gasteiger partial charge is 0.750 e. The van der Waals surface area contributed by atoms with Crippen LogP contribution in [0, 0.1) is 0 Å². The minimum absolute atomic E-state index is 0.0613. The molecule has 2 saturated heterocycles. The Hall–Kier alpha value is -2.77. The Labute approximate surface area is 203 Å². The van der Waals surface area contributed by atoms with E-state index >= 15 is 0 Å². The molecule has 0 aromatic heterocycles. The molecule has 0 N–H and O–H groups in total. The van der Waals surface area contributed by atoms with E-state index in [2.05, 4.69) is 0 Å². The smallest absolute Gasteiger partial charge is 0.395 e. The van der Waals surface area contributed by atoms with Gasteiger partial charge in [0, 0.05) is 4.57 Å². The standard InChI is InChI=1S/C24H23O9P2/c25-34(29-18-10-4-1-5-11-18)30-21-16-27-24-22(17-28-23(21)24)33-35(26,31-19-12-6-2-7-13-19)32-20-14-8-3-9-15-20/h1-15,21-24H,16-17H2/q+1. The molecular weight excluding hydrogens is 494 g/mol. The van der Waals surface area contributed by atoms with Crippen LogP contribution in [0.2, 0.25) is 0 Å². The molecule has 5 atom stereocenters. The zero-order valence-electron chi connectivity index (χ0n) is 18.5. The number of phosphoric acid groups is 1. The molecule has 2 aliphatic rings. The van der Waals surface area contributed by atoms with Gasteiger partial charge in [-0.25, -0.2) is 9.09 Å². The van der Waals surface area contributed by atoms with Gasteiger partial charge >= 0.3 is 16.1 Å². The van der Waals surface area contributed by atoms with Crippen molar-refractivity contribution in [2.45, 2.75) is 24.4 Å². The van der Waals surface area contributed by atoms with E-state index in [-0.39, 0.29) is 13.2 Å². The average molecular weight is 517 g/mol. The van der Waals surface area contributed by atoms with Crippen LogP contribution in [0.4, 0.5) is 0 Å². The second-order valence-electron chi connectivity index (χ2n) is 7.77. The molecule has 2 fully saturated rings. The first-order valence-corrected chi connectivity index (χ1v) is 13.5. The number of hydrogen-bond donors (Lipinski definition) is 0. The summed E-state index contributed by atoms with van der Waals surface area (Å²) >= 11 is 0. The summed E-state index contributed by atoms with van der Waals surface area (Å²) in [6, 6.07) is 25.9. The van der Waals surface area contributed by atoms with Crippen LogP contribution in [0.5, 0.6) is 17.2 Å². The molecule has 0 saturated carbocycles. The lowest BCUT2D eigenvalue weighted by Gasteiger charge is -2.23. The first-order valence-electron chi connectivity index (χ1n) is 11.0. The van der Waals surface area contributed by atoms with Crippen molar-refractivity contribution in [3.05, 3.63) is 91.0 Å². The maximum Gasteiger partial charge on any atom is 0.750 e. The highest BCUT2D eigenvalue weighted by Crippen LogP contribution is 2.52. The number of rotatable bonds is 10. The van der Waals surface area contributed by atoms with Gasteiger partial charge in [0.15, 0.2) is 11.9 Å². The number of para-hydroxylation sites is 3. The van der Waals surface area contributed by atoms with Crippen molar-refractivity contribution in [3.63, 3.8) is 0 Å². The Bertz CT molecular complexity index is 1120. The van der Waals surface area contributed by atoms with Gasteiger partial charge in [0.2, 0.25) is 0 Å². The van der Waals surface area contributed by atoms with Crippen molar-refractivity contribution in [1.29, 1.82) is 0 Å². The Morgan fingerprint density at radius 3 is 1.69 bits per heavy atom. The second-order valence-corrected chi connectivity index (χ2v) is 10.1. The molecule has 2 aliphatic heterocycles. The first-order chi connectivity index (χ1) is 17.1. The summed E-state index contributed by atoms with van der Waals surface area (Å²) in [7, 11) is -6.59. The van der Waals surface area contributed by atoms with Crippen molar-refractivity contribution in [2.75, 3.05) is 13.2 Å². The Morgan fingerprint density at radius 1 is 0.686 bits per heavy atom. The minimum atomic E-state index is -4.14. The highest BCUT2D eigenvalue weighted by molar-refractivity contribution is 7.49.